The van der Waals surface area contributed by atoms with Crippen LogP contribution >= 0.6 is 11.8 Å². The number of rotatable bonds is 5. The number of benzene rings is 1. The van der Waals surface area contributed by atoms with Crippen molar-refractivity contribution in [2.24, 2.45) is 0 Å². The molecule has 0 aliphatic rings. The molecule has 1 amide bonds. The zero-order valence-electron chi connectivity index (χ0n) is 9.82. The second-order valence-corrected chi connectivity index (χ2v) is 4.86. The van der Waals surface area contributed by atoms with Crippen molar-refractivity contribution in [3.8, 4) is 0 Å². The van der Waals surface area contributed by atoms with Crippen LogP contribution in [0.5, 0.6) is 0 Å². The van der Waals surface area contributed by atoms with E-state index < -0.39 is 0 Å². The fourth-order valence-corrected chi connectivity index (χ4v) is 2.14. The Balaban J connectivity index is 1.99. The van der Waals surface area contributed by atoms with Gasteiger partial charge < -0.3 is 10.3 Å². The summed E-state index contributed by atoms with van der Waals surface area (Å²) in [4.78, 5) is 14.9. The van der Waals surface area contributed by atoms with Gasteiger partial charge in [0.05, 0.1) is 0 Å². The first-order chi connectivity index (χ1) is 8.31. The Morgan fingerprint density at radius 1 is 1.41 bits per heavy atom. The predicted molar refractivity (Wildman–Crippen MR) is 73.6 cm³/mol. The zero-order chi connectivity index (χ0) is 12.1. The third kappa shape index (κ3) is 3.03. The Morgan fingerprint density at radius 2 is 2.24 bits per heavy atom. The van der Waals surface area contributed by atoms with Crippen molar-refractivity contribution in [2.75, 3.05) is 18.6 Å². The van der Waals surface area contributed by atoms with Crippen LogP contribution in [0.15, 0.2) is 30.3 Å². The highest BCUT2D eigenvalue weighted by Gasteiger charge is 2.07. The quantitative estimate of drug-likeness (QED) is 0.799. The van der Waals surface area contributed by atoms with Crippen LogP contribution in [0, 0.1) is 0 Å². The van der Waals surface area contributed by atoms with Crippen molar-refractivity contribution in [1.29, 1.82) is 0 Å². The van der Waals surface area contributed by atoms with Gasteiger partial charge in [-0.3, -0.25) is 4.79 Å². The molecular weight excluding hydrogens is 232 g/mol. The molecular formula is C13H16N2OS. The van der Waals surface area contributed by atoms with Gasteiger partial charge in [-0.1, -0.05) is 18.2 Å². The molecule has 0 aliphatic heterocycles. The Labute approximate surface area is 105 Å². The third-order valence-corrected chi connectivity index (χ3v) is 3.28. The molecule has 17 heavy (non-hydrogen) atoms. The molecule has 3 nitrogen and oxygen atoms in total. The zero-order valence-corrected chi connectivity index (χ0v) is 10.6. The Bertz CT molecular complexity index is 474. The van der Waals surface area contributed by atoms with E-state index in [4.69, 9.17) is 0 Å². The topological polar surface area (TPSA) is 44.9 Å². The van der Waals surface area contributed by atoms with Crippen LogP contribution in [0.4, 0.5) is 0 Å². The van der Waals surface area contributed by atoms with Gasteiger partial charge in [-0.25, -0.2) is 0 Å². The molecule has 0 aliphatic carbocycles. The maximum Gasteiger partial charge on any atom is 0.267 e. The summed E-state index contributed by atoms with van der Waals surface area (Å²) in [5.41, 5.74) is 1.64. The minimum atomic E-state index is -0.0256. The summed E-state index contributed by atoms with van der Waals surface area (Å²) in [5, 5.41) is 3.98. The lowest BCUT2D eigenvalue weighted by Gasteiger charge is -2.02. The first-order valence-corrected chi connectivity index (χ1v) is 7.05. The normalized spacial score (nSPS) is 10.6. The van der Waals surface area contributed by atoms with Gasteiger partial charge in [0.1, 0.15) is 5.69 Å². The van der Waals surface area contributed by atoms with E-state index in [0.717, 1.165) is 29.6 Å². The van der Waals surface area contributed by atoms with Gasteiger partial charge in [0.25, 0.3) is 5.91 Å². The molecule has 90 valence electrons. The number of carbonyl (C=O) groups is 1. The predicted octanol–water partition coefficient (Wildman–Crippen LogP) is 2.65. The third-order valence-electron chi connectivity index (χ3n) is 2.59. The molecule has 0 radical (unpaired) electrons. The lowest BCUT2D eigenvalue weighted by atomic mass is 10.2. The number of nitrogens with one attached hydrogen (secondary N) is 2. The SMILES string of the molecule is CSCCCNC(=O)c1cc2ccccc2[nH]1. The monoisotopic (exact) mass is 248 g/mol. The van der Waals surface area contributed by atoms with Crippen LogP contribution in [-0.2, 0) is 0 Å². The van der Waals surface area contributed by atoms with Crippen LogP contribution in [-0.4, -0.2) is 29.4 Å². The van der Waals surface area contributed by atoms with E-state index in [-0.39, 0.29) is 5.91 Å². The summed E-state index contributed by atoms with van der Waals surface area (Å²) in [5.74, 6) is 1.05. The molecule has 1 heterocycles. The second-order valence-electron chi connectivity index (χ2n) is 3.87. The number of para-hydroxylation sites is 1. The molecule has 1 aromatic heterocycles. The highest BCUT2D eigenvalue weighted by Crippen LogP contribution is 2.14. The maximum atomic E-state index is 11.8. The number of hydrogen-bond acceptors (Lipinski definition) is 2. The van der Waals surface area contributed by atoms with Crippen molar-refractivity contribution in [3.63, 3.8) is 0 Å². The molecule has 0 atom stereocenters. The van der Waals surface area contributed by atoms with Crippen molar-refractivity contribution >= 4 is 28.6 Å². The molecule has 4 heteroatoms. The van der Waals surface area contributed by atoms with Crippen molar-refractivity contribution in [2.45, 2.75) is 6.42 Å². The second kappa shape index (κ2) is 5.77. The van der Waals surface area contributed by atoms with Gasteiger partial charge in [-0.15, -0.1) is 0 Å². The molecule has 2 aromatic rings. The number of hydrogen-bond donors (Lipinski definition) is 2. The van der Waals surface area contributed by atoms with Crippen molar-refractivity contribution in [1.82, 2.24) is 10.3 Å². The largest absolute Gasteiger partial charge is 0.351 e. The average Bonchev–Trinajstić information content (AvgIpc) is 2.78. The minimum absolute atomic E-state index is 0.0256. The van der Waals surface area contributed by atoms with E-state index in [0.29, 0.717) is 5.69 Å². The van der Waals surface area contributed by atoms with Gasteiger partial charge in [0.15, 0.2) is 0 Å². The maximum absolute atomic E-state index is 11.8. The summed E-state index contributed by atoms with van der Waals surface area (Å²) < 4.78 is 0. The van der Waals surface area contributed by atoms with Crippen LogP contribution in [0.2, 0.25) is 0 Å². The Hall–Kier alpha value is -1.42. The fourth-order valence-electron chi connectivity index (χ4n) is 1.71. The summed E-state index contributed by atoms with van der Waals surface area (Å²) in [6.07, 6.45) is 3.08. The number of aromatic amines is 1. The van der Waals surface area contributed by atoms with Crippen LogP contribution in [0.3, 0.4) is 0 Å². The highest BCUT2D eigenvalue weighted by molar-refractivity contribution is 7.98. The molecule has 0 bridgehead atoms. The Kier molecular flexibility index (Phi) is 4.09. The van der Waals surface area contributed by atoms with E-state index in [2.05, 4.69) is 16.6 Å². The van der Waals surface area contributed by atoms with E-state index in [1.807, 2.05) is 30.3 Å². The van der Waals surface area contributed by atoms with E-state index in [9.17, 15) is 4.79 Å². The number of thioether (sulfide) groups is 1. The minimum Gasteiger partial charge on any atom is -0.351 e. The average molecular weight is 248 g/mol. The summed E-state index contributed by atoms with van der Waals surface area (Å²) >= 11 is 1.79. The molecule has 2 rings (SSSR count). The molecule has 0 fully saturated rings. The van der Waals surface area contributed by atoms with Gasteiger partial charge in [-0.05, 0) is 30.6 Å². The standard InChI is InChI=1S/C13H16N2OS/c1-17-8-4-7-14-13(16)12-9-10-5-2-3-6-11(10)15-12/h2-3,5-6,9,15H,4,7-8H2,1H3,(H,14,16). The molecule has 1 aromatic carbocycles. The van der Waals surface area contributed by atoms with Gasteiger partial charge in [-0.2, -0.15) is 11.8 Å². The van der Waals surface area contributed by atoms with E-state index >= 15 is 0 Å². The molecule has 0 saturated carbocycles. The fraction of sp³-hybridized carbons (Fsp3) is 0.308. The smallest absolute Gasteiger partial charge is 0.267 e. The van der Waals surface area contributed by atoms with Crippen LogP contribution in [0.1, 0.15) is 16.9 Å². The van der Waals surface area contributed by atoms with Crippen LogP contribution < -0.4 is 5.32 Å². The highest BCUT2D eigenvalue weighted by atomic mass is 32.2. The summed E-state index contributed by atoms with van der Waals surface area (Å²) in [7, 11) is 0. The summed E-state index contributed by atoms with van der Waals surface area (Å²) in [6, 6.07) is 9.78. The van der Waals surface area contributed by atoms with Crippen LogP contribution in [0.25, 0.3) is 10.9 Å². The first-order valence-electron chi connectivity index (χ1n) is 5.66. The molecule has 0 spiro atoms. The Morgan fingerprint density at radius 3 is 3.00 bits per heavy atom. The summed E-state index contributed by atoms with van der Waals surface area (Å²) in [6.45, 7) is 0.731. The molecule has 0 unspecified atom stereocenters. The molecule has 2 N–H and O–H groups in total. The van der Waals surface area contributed by atoms with E-state index in [1.54, 1.807) is 11.8 Å². The number of fused-ring (bicyclic) bond motifs is 1. The van der Waals surface area contributed by atoms with Gasteiger partial charge >= 0.3 is 0 Å². The number of aromatic nitrogens is 1. The van der Waals surface area contributed by atoms with Crippen molar-refractivity contribution in [3.05, 3.63) is 36.0 Å². The van der Waals surface area contributed by atoms with E-state index in [1.165, 1.54) is 0 Å². The number of amides is 1. The first kappa shape index (κ1) is 12.0. The number of H-pyrrole nitrogens is 1. The molecule has 0 saturated heterocycles. The van der Waals surface area contributed by atoms with Crippen molar-refractivity contribution < 1.29 is 4.79 Å². The number of carbonyl (C=O) groups excluding carboxylic acids is 1. The van der Waals surface area contributed by atoms with Gasteiger partial charge in [0.2, 0.25) is 0 Å². The lowest BCUT2D eigenvalue weighted by molar-refractivity contribution is 0.0949. The van der Waals surface area contributed by atoms with Gasteiger partial charge in [0, 0.05) is 17.4 Å². The lowest BCUT2D eigenvalue weighted by Crippen LogP contribution is -2.25.